The summed E-state index contributed by atoms with van der Waals surface area (Å²) >= 11 is 0. The fourth-order valence-corrected chi connectivity index (χ4v) is 3.48. The molecule has 11 heteroatoms. The molecule has 0 bridgehead atoms. The average molecular weight is 431 g/mol. The van der Waals surface area contributed by atoms with Crippen molar-refractivity contribution in [1.82, 2.24) is 0 Å². The van der Waals surface area contributed by atoms with Crippen LogP contribution in [0.5, 0.6) is 5.75 Å². The summed E-state index contributed by atoms with van der Waals surface area (Å²) in [5.74, 6) is -2.29. The lowest BCUT2D eigenvalue weighted by atomic mass is 9.95. The molecule has 29 heavy (non-hydrogen) atoms. The van der Waals surface area contributed by atoms with Gasteiger partial charge in [0.2, 0.25) is 10.0 Å². The number of nitrogens with two attached hydrogens (primary N) is 1. The summed E-state index contributed by atoms with van der Waals surface area (Å²) in [4.78, 5) is 11.5. The molecule has 0 saturated heterocycles. The van der Waals surface area contributed by atoms with Gasteiger partial charge in [-0.25, -0.2) is 22.7 Å². The van der Waals surface area contributed by atoms with Gasteiger partial charge < -0.3 is 9.47 Å². The SMILES string of the molecule is Cc1cc(C2=C(c3ccc(S(N)(=O)=O)c(F)c3)COC2=O)ccc1OC(F)(F)F. The van der Waals surface area contributed by atoms with Crippen molar-refractivity contribution in [3.8, 4) is 5.75 Å². The summed E-state index contributed by atoms with van der Waals surface area (Å²) in [6, 6.07) is 6.71. The van der Waals surface area contributed by atoms with E-state index in [0.29, 0.717) is 0 Å². The molecule has 2 aromatic carbocycles. The number of cyclic esters (lactones) is 1. The van der Waals surface area contributed by atoms with E-state index in [0.717, 1.165) is 18.2 Å². The van der Waals surface area contributed by atoms with E-state index >= 15 is 0 Å². The monoisotopic (exact) mass is 431 g/mol. The number of hydrogen-bond acceptors (Lipinski definition) is 5. The van der Waals surface area contributed by atoms with Crippen LogP contribution in [0, 0.1) is 12.7 Å². The Kier molecular flexibility index (Phi) is 5.13. The highest BCUT2D eigenvalue weighted by Crippen LogP contribution is 2.36. The lowest BCUT2D eigenvalue weighted by Crippen LogP contribution is -2.17. The van der Waals surface area contributed by atoms with Crippen molar-refractivity contribution in [2.45, 2.75) is 18.2 Å². The van der Waals surface area contributed by atoms with Crippen LogP contribution in [0.2, 0.25) is 0 Å². The highest BCUT2D eigenvalue weighted by atomic mass is 32.2. The van der Waals surface area contributed by atoms with Crippen LogP contribution in [-0.2, 0) is 19.6 Å². The Hall–Kier alpha value is -2.92. The van der Waals surface area contributed by atoms with E-state index in [1.807, 2.05) is 0 Å². The summed E-state index contributed by atoms with van der Waals surface area (Å²) in [6.07, 6.45) is -4.87. The number of esters is 1. The normalized spacial score (nSPS) is 14.9. The Morgan fingerprint density at radius 1 is 1.10 bits per heavy atom. The summed E-state index contributed by atoms with van der Waals surface area (Å²) < 4.78 is 83.0. The van der Waals surface area contributed by atoms with Crippen LogP contribution in [0.1, 0.15) is 16.7 Å². The third-order valence-corrected chi connectivity index (χ3v) is 5.07. The van der Waals surface area contributed by atoms with Gasteiger partial charge in [0, 0.05) is 5.57 Å². The molecule has 0 radical (unpaired) electrons. The minimum atomic E-state index is -4.87. The summed E-state index contributed by atoms with van der Waals surface area (Å²) in [7, 11) is -4.27. The number of halogens is 4. The Bertz CT molecular complexity index is 1140. The molecule has 0 amide bonds. The van der Waals surface area contributed by atoms with E-state index in [9.17, 15) is 30.8 Å². The number of benzene rings is 2. The van der Waals surface area contributed by atoms with Gasteiger partial charge in [0.1, 0.15) is 23.1 Å². The van der Waals surface area contributed by atoms with Gasteiger partial charge in [0.15, 0.2) is 0 Å². The molecule has 0 saturated carbocycles. The standard InChI is InChI=1S/C18H13F4NO5S/c1-9-6-11(2-4-14(9)28-18(20,21)22)16-12(8-27-17(16)24)10-3-5-15(13(19)7-10)29(23,25)26/h2-7H,8H2,1H3,(H2,23,25,26). The maximum absolute atomic E-state index is 14.2. The number of alkyl halides is 3. The Labute approximate surface area is 162 Å². The quantitative estimate of drug-likeness (QED) is 0.593. The minimum Gasteiger partial charge on any atom is -0.457 e. The van der Waals surface area contributed by atoms with Gasteiger partial charge in [-0.05, 0) is 47.9 Å². The zero-order valence-corrected chi connectivity index (χ0v) is 15.5. The number of primary sulfonamides is 1. The highest BCUT2D eigenvalue weighted by molar-refractivity contribution is 7.89. The largest absolute Gasteiger partial charge is 0.573 e. The Morgan fingerprint density at radius 3 is 2.31 bits per heavy atom. The Balaban J connectivity index is 2.07. The lowest BCUT2D eigenvalue weighted by molar-refractivity contribution is -0.274. The molecule has 0 spiro atoms. The summed E-state index contributed by atoms with van der Waals surface area (Å²) in [5, 5.41) is 4.93. The van der Waals surface area contributed by atoms with Crippen LogP contribution >= 0.6 is 0 Å². The number of sulfonamides is 1. The predicted molar refractivity (Wildman–Crippen MR) is 93.4 cm³/mol. The van der Waals surface area contributed by atoms with E-state index in [-0.39, 0.29) is 34.4 Å². The molecule has 2 N–H and O–H groups in total. The van der Waals surface area contributed by atoms with Crippen molar-refractivity contribution >= 4 is 27.1 Å². The molecule has 0 aliphatic carbocycles. The molecule has 3 rings (SSSR count). The van der Waals surface area contributed by atoms with E-state index in [1.54, 1.807) is 0 Å². The van der Waals surface area contributed by atoms with Gasteiger partial charge in [0.05, 0.1) is 5.57 Å². The van der Waals surface area contributed by atoms with Gasteiger partial charge in [-0.15, -0.1) is 13.2 Å². The predicted octanol–water partition coefficient (Wildman–Crippen LogP) is 3.15. The third-order valence-electron chi connectivity index (χ3n) is 4.13. The first-order valence-corrected chi connectivity index (χ1v) is 9.51. The van der Waals surface area contributed by atoms with E-state index < -0.39 is 38.8 Å². The van der Waals surface area contributed by atoms with Crippen molar-refractivity contribution in [2.24, 2.45) is 5.14 Å². The second kappa shape index (κ2) is 7.16. The van der Waals surface area contributed by atoms with Gasteiger partial charge in [-0.2, -0.15) is 0 Å². The molecule has 0 aromatic heterocycles. The van der Waals surface area contributed by atoms with Crippen molar-refractivity contribution in [1.29, 1.82) is 0 Å². The fourth-order valence-electron chi connectivity index (χ4n) is 2.89. The molecular formula is C18H13F4NO5S. The Morgan fingerprint density at radius 2 is 1.76 bits per heavy atom. The molecule has 0 atom stereocenters. The van der Waals surface area contributed by atoms with Crippen LogP contribution in [-0.4, -0.2) is 27.4 Å². The summed E-state index contributed by atoms with van der Waals surface area (Å²) in [5.41, 5.74) is 0.796. The van der Waals surface area contributed by atoms with Crippen molar-refractivity contribution in [3.63, 3.8) is 0 Å². The fraction of sp³-hybridized carbons (Fsp3) is 0.167. The lowest BCUT2D eigenvalue weighted by Gasteiger charge is -2.13. The number of rotatable bonds is 4. The maximum atomic E-state index is 14.2. The van der Waals surface area contributed by atoms with Crippen molar-refractivity contribution < 1.29 is 40.2 Å². The third kappa shape index (κ3) is 4.40. The highest BCUT2D eigenvalue weighted by Gasteiger charge is 2.33. The van der Waals surface area contributed by atoms with Crippen LogP contribution in [0.25, 0.3) is 11.1 Å². The number of ether oxygens (including phenoxy) is 2. The van der Waals surface area contributed by atoms with Crippen LogP contribution in [0.4, 0.5) is 17.6 Å². The minimum absolute atomic E-state index is 0.0226. The number of carbonyl (C=O) groups excluding carboxylic acids is 1. The van der Waals surface area contributed by atoms with Crippen molar-refractivity contribution in [2.75, 3.05) is 6.61 Å². The van der Waals surface area contributed by atoms with Gasteiger partial charge in [-0.1, -0.05) is 12.1 Å². The molecule has 2 aromatic rings. The second-order valence-corrected chi connectivity index (χ2v) is 7.68. The first-order chi connectivity index (χ1) is 13.4. The first kappa shape index (κ1) is 20.8. The smallest absolute Gasteiger partial charge is 0.457 e. The molecule has 154 valence electrons. The maximum Gasteiger partial charge on any atom is 0.573 e. The molecule has 6 nitrogen and oxygen atoms in total. The second-order valence-electron chi connectivity index (χ2n) is 6.15. The van der Waals surface area contributed by atoms with Crippen LogP contribution in [0.3, 0.4) is 0 Å². The first-order valence-electron chi connectivity index (χ1n) is 7.96. The molecule has 0 unspecified atom stereocenters. The van der Waals surface area contributed by atoms with E-state index in [2.05, 4.69) is 4.74 Å². The molecular weight excluding hydrogens is 418 g/mol. The van der Waals surface area contributed by atoms with Gasteiger partial charge in [0.25, 0.3) is 0 Å². The average Bonchev–Trinajstić information content (AvgIpc) is 2.96. The summed E-state index contributed by atoms with van der Waals surface area (Å²) in [6.45, 7) is 1.15. The van der Waals surface area contributed by atoms with Crippen molar-refractivity contribution in [3.05, 3.63) is 58.9 Å². The number of carbonyl (C=O) groups is 1. The van der Waals surface area contributed by atoms with Gasteiger partial charge in [-0.3, -0.25) is 0 Å². The molecule has 1 heterocycles. The van der Waals surface area contributed by atoms with Crippen LogP contribution in [0.15, 0.2) is 41.3 Å². The molecule has 1 aliphatic rings. The molecule has 1 aliphatic heterocycles. The van der Waals surface area contributed by atoms with Crippen LogP contribution < -0.4 is 9.88 Å². The van der Waals surface area contributed by atoms with E-state index in [4.69, 9.17) is 9.88 Å². The molecule has 0 fully saturated rings. The zero-order chi connectivity index (χ0) is 21.6. The number of aryl methyl sites for hydroxylation is 1. The zero-order valence-electron chi connectivity index (χ0n) is 14.7. The van der Waals surface area contributed by atoms with E-state index in [1.165, 1.54) is 25.1 Å². The number of hydrogen-bond donors (Lipinski definition) is 1. The van der Waals surface area contributed by atoms with Gasteiger partial charge >= 0.3 is 12.3 Å². The topological polar surface area (TPSA) is 95.7 Å².